The number of rotatable bonds is 10. The highest BCUT2D eigenvalue weighted by Gasteiger charge is 2.12. The van der Waals surface area contributed by atoms with E-state index in [4.69, 9.17) is 5.11 Å². The molecule has 0 heterocycles. The number of nitrogens with one attached hydrogen (secondary N) is 1. The zero-order chi connectivity index (χ0) is 21.9. The molecule has 160 valence electrons. The number of amides is 2. The first-order valence-electron chi connectivity index (χ1n) is 10.6. The van der Waals surface area contributed by atoms with Crippen molar-refractivity contribution in [1.82, 2.24) is 5.32 Å². The molecule has 2 amide bonds. The Labute approximate surface area is 179 Å². The summed E-state index contributed by atoms with van der Waals surface area (Å²) >= 11 is 0. The molecule has 0 spiro atoms. The van der Waals surface area contributed by atoms with Crippen LogP contribution in [0.4, 0.5) is 10.5 Å². The fraction of sp³-hybridized carbons (Fsp3) is 0.360. The van der Waals surface area contributed by atoms with E-state index in [1.165, 1.54) is 19.3 Å². The summed E-state index contributed by atoms with van der Waals surface area (Å²) in [7, 11) is 1.78. The summed E-state index contributed by atoms with van der Waals surface area (Å²) in [6.07, 6.45) is 8.51. The number of hydrogen-bond acceptors (Lipinski definition) is 2. The first kappa shape index (κ1) is 23.2. The lowest BCUT2D eigenvalue weighted by atomic mass is 9.98. The van der Waals surface area contributed by atoms with Crippen molar-refractivity contribution in [3.05, 3.63) is 59.7 Å². The first-order valence-corrected chi connectivity index (χ1v) is 10.6. The van der Waals surface area contributed by atoms with Gasteiger partial charge in [-0.05, 0) is 53.8 Å². The van der Waals surface area contributed by atoms with Crippen LogP contribution in [-0.2, 0) is 4.79 Å². The van der Waals surface area contributed by atoms with Gasteiger partial charge in [-0.3, -0.25) is 4.90 Å². The Morgan fingerprint density at radius 1 is 1.03 bits per heavy atom. The molecule has 2 rings (SSSR count). The Morgan fingerprint density at radius 3 is 2.40 bits per heavy atom. The molecule has 30 heavy (non-hydrogen) atoms. The van der Waals surface area contributed by atoms with Gasteiger partial charge < -0.3 is 10.4 Å². The Morgan fingerprint density at radius 2 is 1.73 bits per heavy atom. The fourth-order valence-corrected chi connectivity index (χ4v) is 3.23. The number of nitrogens with zero attached hydrogens (tertiary/aromatic N) is 1. The minimum absolute atomic E-state index is 0.102. The van der Waals surface area contributed by atoms with E-state index in [1.54, 1.807) is 18.0 Å². The molecule has 0 unspecified atom stereocenters. The third-order valence-corrected chi connectivity index (χ3v) is 5.11. The molecule has 2 aromatic carbocycles. The van der Waals surface area contributed by atoms with Crippen molar-refractivity contribution in [2.75, 3.05) is 18.5 Å². The third-order valence-electron chi connectivity index (χ3n) is 5.11. The van der Waals surface area contributed by atoms with Crippen molar-refractivity contribution in [1.29, 1.82) is 0 Å². The Bertz CT molecular complexity index is 872. The van der Waals surface area contributed by atoms with Gasteiger partial charge >= 0.3 is 12.0 Å². The number of aryl methyl sites for hydroxylation is 1. The van der Waals surface area contributed by atoms with Crippen LogP contribution in [0.25, 0.3) is 17.2 Å². The van der Waals surface area contributed by atoms with Gasteiger partial charge in [-0.2, -0.15) is 0 Å². The molecule has 0 saturated heterocycles. The van der Waals surface area contributed by atoms with E-state index in [9.17, 15) is 9.59 Å². The number of unbranched alkanes of at least 4 members (excludes halogenated alkanes) is 4. The molecule has 0 atom stereocenters. The minimum atomic E-state index is -0.968. The van der Waals surface area contributed by atoms with Crippen molar-refractivity contribution < 1.29 is 14.7 Å². The van der Waals surface area contributed by atoms with Gasteiger partial charge in [-0.1, -0.05) is 62.9 Å². The monoisotopic (exact) mass is 408 g/mol. The summed E-state index contributed by atoms with van der Waals surface area (Å²) in [6.45, 7) is 4.92. The summed E-state index contributed by atoms with van der Waals surface area (Å²) in [5.74, 6) is -0.968. The molecule has 0 saturated carbocycles. The number of aliphatic carboxylic acids is 1. The smallest absolute Gasteiger partial charge is 0.328 e. The molecular formula is C25H32N2O3. The average Bonchev–Trinajstić information content (AvgIpc) is 2.75. The van der Waals surface area contributed by atoms with E-state index < -0.39 is 5.97 Å². The number of urea groups is 1. The average molecular weight is 409 g/mol. The van der Waals surface area contributed by atoms with E-state index in [0.717, 1.165) is 46.9 Å². The van der Waals surface area contributed by atoms with Gasteiger partial charge in [0.25, 0.3) is 0 Å². The number of carboxylic acids is 1. The number of carbonyl (C=O) groups excluding carboxylic acids is 1. The first-order chi connectivity index (χ1) is 14.4. The highest BCUT2D eigenvalue weighted by molar-refractivity contribution is 5.92. The van der Waals surface area contributed by atoms with Crippen LogP contribution in [0.2, 0.25) is 0 Å². The van der Waals surface area contributed by atoms with Crippen molar-refractivity contribution in [2.45, 2.75) is 46.0 Å². The van der Waals surface area contributed by atoms with Gasteiger partial charge in [-0.15, -0.1) is 0 Å². The lowest BCUT2D eigenvalue weighted by Crippen LogP contribution is -2.37. The maximum atomic E-state index is 12.5. The van der Waals surface area contributed by atoms with E-state index in [0.29, 0.717) is 6.54 Å². The lowest BCUT2D eigenvalue weighted by molar-refractivity contribution is -0.131. The van der Waals surface area contributed by atoms with Gasteiger partial charge in [0, 0.05) is 25.4 Å². The molecule has 0 bridgehead atoms. The Balaban J connectivity index is 2.05. The number of hydrogen-bond donors (Lipinski definition) is 2. The van der Waals surface area contributed by atoms with E-state index in [2.05, 4.69) is 12.2 Å². The van der Waals surface area contributed by atoms with E-state index in [1.807, 2.05) is 49.4 Å². The topological polar surface area (TPSA) is 69.6 Å². The van der Waals surface area contributed by atoms with Crippen LogP contribution in [0.3, 0.4) is 0 Å². The maximum Gasteiger partial charge on any atom is 0.328 e. The fourth-order valence-electron chi connectivity index (χ4n) is 3.23. The normalized spacial score (nSPS) is 10.9. The molecule has 0 radical (unpaired) electrons. The molecule has 5 heteroatoms. The highest BCUT2D eigenvalue weighted by atomic mass is 16.4. The van der Waals surface area contributed by atoms with Crippen LogP contribution in [0.15, 0.2) is 48.5 Å². The van der Waals surface area contributed by atoms with Crippen molar-refractivity contribution in [3.8, 4) is 11.1 Å². The van der Waals surface area contributed by atoms with Gasteiger partial charge in [0.15, 0.2) is 0 Å². The van der Waals surface area contributed by atoms with Crippen LogP contribution in [0.5, 0.6) is 0 Å². The van der Waals surface area contributed by atoms with Gasteiger partial charge in [0.1, 0.15) is 0 Å². The quantitative estimate of drug-likeness (QED) is 0.381. The largest absolute Gasteiger partial charge is 0.478 e. The van der Waals surface area contributed by atoms with Crippen LogP contribution >= 0.6 is 0 Å². The van der Waals surface area contributed by atoms with Crippen LogP contribution < -0.4 is 10.2 Å². The predicted octanol–water partition coefficient (Wildman–Crippen LogP) is 5.88. The zero-order valence-corrected chi connectivity index (χ0v) is 18.1. The third kappa shape index (κ3) is 7.07. The molecule has 0 aliphatic rings. The number of anilines is 1. The Kier molecular flexibility index (Phi) is 9.13. The molecule has 0 fully saturated rings. The van der Waals surface area contributed by atoms with E-state index >= 15 is 0 Å². The minimum Gasteiger partial charge on any atom is -0.478 e. The summed E-state index contributed by atoms with van der Waals surface area (Å²) in [6, 6.07) is 13.6. The maximum absolute atomic E-state index is 12.5. The highest BCUT2D eigenvalue weighted by Crippen LogP contribution is 2.28. The van der Waals surface area contributed by atoms with Crippen molar-refractivity contribution in [3.63, 3.8) is 0 Å². The van der Waals surface area contributed by atoms with E-state index in [-0.39, 0.29) is 6.03 Å². The van der Waals surface area contributed by atoms with Crippen LogP contribution in [0, 0.1) is 6.92 Å². The number of benzene rings is 2. The summed E-state index contributed by atoms with van der Waals surface area (Å²) in [4.78, 5) is 24.8. The van der Waals surface area contributed by atoms with Gasteiger partial charge in [0.2, 0.25) is 0 Å². The molecule has 0 aliphatic carbocycles. The standard InChI is InChI=1S/C25H32N2O3/c1-4-5-6-7-8-17-26-25(30)27(3)22-15-9-19(2)23(18-22)21-13-10-20(11-14-21)12-16-24(28)29/h9-16,18H,4-8,17H2,1-3H3,(H,26,30)(H,28,29). The number of carboxylic acid groups (broad SMARTS) is 1. The second kappa shape index (κ2) is 11.8. The Hall–Kier alpha value is -3.08. The summed E-state index contributed by atoms with van der Waals surface area (Å²) < 4.78 is 0. The molecule has 2 N–H and O–H groups in total. The van der Waals surface area contributed by atoms with Crippen LogP contribution in [-0.4, -0.2) is 30.7 Å². The zero-order valence-electron chi connectivity index (χ0n) is 18.1. The summed E-state index contributed by atoms with van der Waals surface area (Å²) in [5, 5.41) is 11.7. The van der Waals surface area contributed by atoms with Gasteiger partial charge in [-0.25, -0.2) is 9.59 Å². The number of carbonyl (C=O) groups is 2. The molecule has 0 aromatic heterocycles. The lowest BCUT2D eigenvalue weighted by Gasteiger charge is -2.20. The van der Waals surface area contributed by atoms with Crippen molar-refractivity contribution >= 4 is 23.8 Å². The van der Waals surface area contributed by atoms with Crippen LogP contribution in [0.1, 0.15) is 50.2 Å². The second-order valence-corrected chi connectivity index (χ2v) is 7.50. The molecule has 2 aromatic rings. The van der Waals surface area contributed by atoms with Gasteiger partial charge in [0.05, 0.1) is 0 Å². The SMILES string of the molecule is CCCCCCCNC(=O)N(C)c1ccc(C)c(-c2ccc(C=CC(=O)O)cc2)c1. The molecule has 0 aliphatic heterocycles. The molecular weight excluding hydrogens is 376 g/mol. The summed E-state index contributed by atoms with van der Waals surface area (Å²) in [5.41, 5.74) is 4.82. The second-order valence-electron chi connectivity index (χ2n) is 7.50. The van der Waals surface area contributed by atoms with Crippen molar-refractivity contribution in [2.24, 2.45) is 0 Å². The predicted molar refractivity (Wildman–Crippen MR) is 124 cm³/mol. The molecule has 5 nitrogen and oxygen atoms in total.